The second-order valence-electron chi connectivity index (χ2n) is 5.81. The SMILES string of the molecule is CP(Cl)C12CC3CC(CC(Cl)(C3)C1)C2. The fraction of sp³-hybridized carbons (Fsp3) is 1.00. The minimum atomic E-state index is -0.319. The molecule has 0 aromatic rings. The molecule has 4 rings (SSSR count). The largest absolute Gasteiger partial charge is 0.119 e. The summed E-state index contributed by atoms with van der Waals surface area (Å²) in [6.45, 7) is 2.24. The number of hydrogen-bond donors (Lipinski definition) is 0. The summed E-state index contributed by atoms with van der Waals surface area (Å²) < 4.78 is 0. The van der Waals surface area contributed by atoms with Gasteiger partial charge in [0.15, 0.2) is 0 Å². The Morgan fingerprint density at radius 1 is 1.14 bits per heavy atom. The molecule has 0 aliphatic heterocycles. The van der Waals surface area contributed by atoms with Crippen LogP contribution in [0.25, 0.3) is 0 Å². The molecule has 0 N–H and O–H groups in total. The fourth-order valence-corrected chi connectivity index (χ4v) is 7.38. The van der Waals surface area contributed by atoms with Crippen LogP contribution in [0.3, 0.4) is 0 Å². The first-order chi connectivity index (χ1) is 6.51. The standard InChI is InChI=1S/C11H17Cl2P/c1-14(13)11-5-8-2-9(6-11)4-10(12,3-8)7-11/h8-9H,2-7H2,1H3. The Balaban J connectivity index is 1.96. The van der Waals surface area contributed by atoms with Gasteiger partial charge in [-0.3, -0.25) is 0 Å². The molecule has 4 aliphatic rings. The van der Waals surface area contributed by atoms with E-state index in [9.17, 15) is 0 Å². The highest BCUT2D eigenvalue weighted by molar-refractivity contribution is 7.84. The molecule has 80 valence electrons. The second-order valence-corrected chi connectivity index (χ2v) is 10.0. The van der Waals surface area contributed by atoms with E-state index < -0.39 is 0 Å². The smallest absolute Gasteiger partial charge is 0.0461 e. The van der Waals surface area contributed by atoms with Gasteiger partial charge in [0.2, 0.25) is 0 Å². The maximum Gasteiger partial charge on any atom is 0.0461 e. The van der Waals surface area contributed by atoms with E-state index in [1.165, 1.54) is 38.5 Å². The quantitative estimate of drug-likeness (QED) is 0.472. The van der Waals surface area contributed by atoms with Crippen LogP contribution >= 0.6 is 30.1 Å². The first-order valence-electron chi connectivity index (χ1n) is 5.60. The monoisotopic (exact) mass is 250 g/mol. The highest BCUT2D eigenvalue weighted by Gasteiger charge is 2.58. The Hall–Kier alpha value is 1.01. The van der Waals surface area contributed by atoms with Crippen molar-refractivity contribution in [1.29, 1.82) is 0 Å². The molecule has 0 nitrogen and oxygen atoms in total. The van der Waals surface area contributed by atoms with E-state index in [-0.39, 0.29) is 12.1 Å². The van der Waals surface area contributed by atoms with Crippen LogP contribution in [0.1, 0.15) is 38.5 Å². The molecular formula is C11H17Cl2P. The lowest BCUT2D eigenvalue weighted by Gasteiger charge is -2.61. The Kier molecular flexibility index (Phi) is 2.20. The van der Waals surface area contributed by atoms with Crippen molar-refractivity contribution in [3.8, 4) is 0 Å². The van der Waals surface area contributed by atoms with E-state index >= 15 is 0 Å². The van der Waals surface area contributed by atoms with E-state index in [2.05, 4.69) is 6.66 Å². The van der Waals surface area contributed by atoms with Crippen molar-refractivity contribution in [2.45, 2.75) is 48.6 Å². The van der Waals surface area contributed by atoms with Crippen LogP contribution in [0.15, 0.2) is 0 Å². The van der Waals surface area contributed by atoms with Gasteiger partial charge in [-0.05, 0) is 64.3 Å². The summed E-state index contributed by atoms with van der Waals surface area (Å²) in [5.41, 5.74) is 0. The van der Waals surface area contributed by atoms with Crippen molar-refractivity contribution in [3.63, 3.8) is 0 Å². The number of alkyl halides is 1. The maximum absolute atomic E-state index is 6.72. The Bertz CT molecular complexity index is 250. The molecular weight excluding hydrogens is 234 g/mol. The van der Waals surface area contributed by atoms with Crippen LogP contribution < -0.4 is 0 Å². The summed E-state index contributed by atoms with van der Waals surface area (Å²) >= 11 is 13.2. The summed E-state index contributed by atoms with van der Waals surface area (Å²) in [4.78, 5) is 0.148. The van der Waals surface area contributed by atoms with E-state index in [0.717, 1.165) is 11.8 Å². The molecule has 4 saturated carbocycles. The van der Waals surface area contributed by atoms with Gasteiger partial charge in [0, 0.05) is 10.0 Å². The topological polar surface area (TPSA) is 0 Å². The van der Waals surface area contributed by atoms with Crippen LogP contribution in [0.2, 0.25) is 0 Å². The van der Waals surface area contributed by atoms with Crippen LogP contribution in [-0.4, -0.2) is 16.7 Å². The molecule has 3 heteroatoms. The van der Waals surface area contributed by atoms with Gasteiger partial charge in [-0.25, -0.2) is 0 Å². The number of halogens is 2. The molecule has 0 amide bonds. The minimum Gasteiger partial charge on any atom is -0.119 e. The normalized spacial score (nSPS) is 57.6. The third-order valence-electron chi connectivity index (χ3n) is 4.61. The lowest BCUT2D eigenvalue weighted by atomic mass is 9.55. The third-order valence-corrected chi connectivity index (χ3v) is 7.96. The number of hydrogen-bond acceptors (Lipinski definition) is 0. The number of rotatable bonds is 1. The molecule has 0 radical (unpaired) electrons. The minimum absolute atomic E-state index is 0.148. The van der Waals surface area contributed by atoms with Crippen LogP contribution in [0, 0.1) is 11.8 Å². The van der Waals surface area contributed by atoms with Crippen molar-refractivity contribution in [2.24, 2.45) is 11.8 Å². The highest BCUT2D eigenvalue weighted by atomic mass is 35.7. The first kappa shape index (κ1) is 10.2. The molecule has 3 unspecified atom stereocenters. The van der Waals surface area contributed by atoms with E-state index in [0.29, 0.717) is 5.16 Å². The third kappa shape index (κ3) is 1.37. The highest BCUT2D eigenvalue weighted by Crippen LogP contribution is 2.71. The molecule has 4 fully saturated rings. The van der Waals surface area contributed by atoms with Crippen molar-refractivity contribution >= 4 is 30.1 Å². The lowest BCUT2D eigenvalue weighted by molar-refractivity contribution is 0.0520. The Morgan fingerprint density at radius 2 is 1.71 bits per heavy atom. The van der Waals surface area contributed by atoms with E-state index in [4.69, 9.17) is 22.8 Å². The summed E-state index contributed by atoms with van der Waals surface area (Å²) in [7, 11) is -0.319. The Labute approximate surface area is 97.3 Å². The zero-order valence-electron chi connectivity index (χ0n) is 8.60. The van der Waals surface area contributed by atoms with Gasteiger partial charge in [0.05, 0.1) is 0 Å². The van der Waals surface area contributed by atoms with Gasteiger partial charge in [-0.1, -0.05) is 11.2 Å². The van der Waals surface area contributed by atoms with Gasteiger partial charge < -0.3 is 0 Å². The predicted octanol–water partition coefficient (Wildman–Crippen LogP) is 4.58. The second kappa shape index (κ2) is 3.02. The van der Waals surface area contributed by atoms with Crippen molar-refractivity contribution in [3.05, 3.63) is 0 Å². The van der Waals surface area contributed by atoms with Gasteiger partial charge in [-0.2, -0.15) is 0 Å². The van der Waals surface area contributed by atoms with Gasteiger partial charge >= 0.3 is 0 Å². The van der Waals surface area contributed by atoms with Crippen LogP contribution in [0.5, 0.6) is 0 Å². The fourth-order valence-electron chi connectivity index (χ4n) is 4.46. The molecule has 3 atom stereocenters. The summed E-state index contributed by atoms with van der Waals surface area (Å²) in [6, 6.07) is 0. The summed E-state index contributed by atoms with van der Waals surface area (Å²) in [5.74, 6) is 1.80. The molecule has 0 spiro atoms. The average molecular weight is 251 g/mol. The summed E-state index contributed by atoms with van der Waals surface area (Å²) in [5, 5.41) is 0.461. The summed E-state index contributed by atoms with van der Waals surface area (Å²) in [6.07, 6.45) is 7.95. The predicted molar refractivity (Wildman–Crippen MR) is 64.7 cm³/mol. The lowest BCUT2D eigenvalue weighted by Crippen LogP contribution is -2.55. The van der Waals surface area contributed by atoms with E-state index in [1.54, 1.807) is 0 Å². The van der Waals surface area contributed by atoms with Crippen molar-refractivity contribution in [2.75, 3.05) is 6.66 Å². The molecule has 4 aliphatic carbocycles. The van der Waals surface area contributed by atoms with E-state index in [1.807, 2.05) is 0 Å². The zero-order chi connectivity index (χ0) is 9.97. The molecule has 0 aromatic heterocycles. The molecule has 14 heavy (non-hydrogen) atoms. The van der Waals surface area contributed by atoms with Crippen LogP contribution in [0.4, 0.5) is 0 Å². The maximum atomic E-state index is 6.72. The first-order valence-corrected chi connectivity index (χ1v) is 8.67. The van der Waals surface area contributed by atoms with Crippen LogP contribution in [-0.2, 0) is 0 Å². The Morgan fingerprint density at radius 3 is 2.14 bits per heavy atom. The molecule has 4 bridgehead atoms. The van der Waals surface area contributed by atoms with Gasteiger partial charge in [0.1, 0.15) is 0 Å². The van der Waals surface area contributed by atoms with Gasteiger partial charge in [0.25, 0.3) is 0 Å². The van der Waals surface area contributed by atoms with Crippen molar-refractivity contribution in [1.82, 2.24) is 0 Å². The zero-order valence-corrected chi connectivity index (χ0v) is 11.0. The average Bonchev–Trinajstić information content (AvgIpc) is 1.98. The molecule has 0 aromatic carbocycles. The molecule has 0 heterocycles. The molecule has 0 saturated heterocycles. The van der Waals surface area contributed by atoms with Gasteiger partial charge in [-0.15, -0.1) is 11.6 Å². The van der Waals surface area contributed by atoms with Crippen molar-refractivity contribution < 1.29 is 0 Å².